The number of carbonyl (C=O) groups is 1. The number of hydrogen-bond donors (Lipinski definition) is 1. The lowest BCUT2D eigenvalue weighted by molar-refractivity contribution is 0.00578. The second-order valence-electron chi connectivity index (χ2n) is 12.3. The molecule has 1 amide bonds. The first-order valence-corrected chi connectivity index (χ1v) is 14.3. The van der Waals surface area contributed by atoms with Crippen molar-refractivity contribution in [3.05, 3.63) is 101 Å². The molecule has 0 bridgehead atoms. The quantitative estimate of drug-likeness (QED) is 0.330. The van der Waals surface area contributed by atoms with Crippen molar-refractivity contribution >= 4 is 19.3 Å². The molecule has 2 fully saturated rings. The van der Waals surface area contributed by atoms with Gasteiger partial charge in [0.2, 0.25) is 0 Å². The average molecular weight is 546 g/mol. The van der Waals surface area contributed by atoms with Gasteiger partial charge in [-0.3, -0.25) is 0 Å². The van der Waals surface area contributed by atoms with Crippen LogP contribution in [0.4, 0.5) is 4.79 Å². The summed E-state index contributed by atoms with van der Waals surface area (Å²) in [6.07, 6.45) is 3.25. The number of alkyl carbamates (subject to hydrolysis) is 1. The highest BCUT2D eigenvalue weighted by atomic mass is 16.7. The summed E-state index contributed by atoms with van der Waals surface area (Å²) in [5.74, 6) is -0.0103. The molecular weight excluding hydrogens is 511 g/mol. The lowest BCUT2D eigenvalue weighted by Gasteiger charge is -2.32. The molecule has 6 rings (SSSR count). The van der Waals surface area contributed by atoms with E-state index in [-0.39, 0.29) is 24.5 Å². The van der Waals surface area contributed by atoms with Crippen LogP contribution in [0, 0.1) is 11.3 Å². The summed E-state index contributed by atoms with van der Waals surface area (Å²) < 4.78 is 18.5. The minimum atomic E-state index is -0.636. The summed E-state index contributed by atoms with van der Waals surface area (Å²) >= 11 is 0. The molecule has 0 atom stereocenters. The molecule has 1 saturated heterocycles. The van der Waals surface area contributed by atoms with Gasteiger partial charge in [-0.05, 0) is 79.4 Å². The Hall–Kier alpha value is -3.86. The van der Waals surface area contributed by atoms with Gasteiger partial charge in [-0.1, -0.05) is 78.9 Å². The molecule has 3 aliphatic rings. The van der Waals surface area contributed by atoms with Gasteiger partial charge in [0, 0.05) is 12.5 Å². The van der Waals surface area contributed by atoms with Gasteiger partial charge < -0.3 is 19.4 Å². The lowest BCUT2D eigenvalue weighted by atomic mass is 9.76. The van der Waals surface area contributed by atoms with Gasteiger partial charge in [0.25, 0.3) is 0 Å². The Kier molecular flexibility index (Phi) is 6.80. The van der Waals surface area contributed by atoms with Crippen molar-refractivity contribution in [1.82, 2.24) is 5.32 Å². The van der Waals surface area contributed by atoms with E-state index in [9.17, 15) is 10.1 Å². The first kappa shape index (κ1) is 27.3. The van der Waals surface area contributed by atoms with Crippen LogP contribution in [0.2, 0.25) is 0 Å². The van der Waals surface area contributed by atoms with Crippen molar-refractivity contribution in [2.45, 2.75) is 63.1 Å². The second-order valence-corrected chi connectivity index (χ2v) is 12.3. The van der Waals surface area contributed by atoms with E-state index < -0.39 is 24.4 Å². The predicted molar refractivity (Wildman–Crippen MR) is 160 cm³/mol. The van der Waals surface area contributed by atoms with Crippen molar-refractivity contribution in [3.8, 4) is 17.2 Å². The molecule has 1 N–H and O–H groups in total. The summed E-state index contributed by atoms with van der Waals surface area (Å²) in [7, 11) is -0.636. The van der Waals surface area contributed by atoms with E-state index in [1.807, 2.05) is 76.2 Å². The molecule has 2 aliphatic carbocycles. The third kappa shape index (κ3) is 5.07. The number of fused-ring (bicyclic) bond motifs is 3. The number of rotatable bonds is 7. The SMILES string of the molecule is CC1(C)OB(C(=Cc2cccc(C3(C#N)CC3)c2)CNC(=O)OCC2c3ccccc3-c3ccccc32)OC1(C)C. The summed E-state index contributed by atoms with van der Waals surface area (Å²) in [4.78, 5) is 13.0. The fraction of sp³-hybridized carbons (Fsp3) is 0.353. The number of nitrogens with one attached hydrogen (secondary N) is 1. The van der Waals surface area contributed by atoms with Crippen molar-refractivity contribution in [2.24, 2.45) is 0 Å². The molecule has 1 heterocycles. The van der Waals surface area contributed by atoms with Crippen molar-refractivity contribution < 1.29 is 18.8 Å². The molecular formula is C34H35BN2O4. The first-order valence-electron chi connectivity index (χ1n) is 14.3. The molecule has 3 aromatic rings. The molecule has 7 heteroatoms. The van der Waals surface area contributed by atoms with Crippen molar-refractivity contribution in [3.63, 3.8) is 0 Å². The molecule has 41 heavy (non-hydrogen) atoms. The number of nitrogens with zero attached hydrogens (tertiary/aromatic N) is 1. The fourth-order valence-corrected chi connectivity index (χ4v) is 5.75. The van der Waals surface area contributed by atoms with Crippen LogP contribution in [-0.4, -0.2) is 37.6 Å². The summed E-state index contributed by atoms with van der Waals surface area (Å²) in [6, 6.07) is 27.1. The van der Waals surface area contributed by atoms with E-state index in [0.717, 1.165) is 29.4 Å². The van der Waals surface area contributed by atoms with E-state index in [0.29, 0.717) is 0 Å². The highest BCUT2D eigenvalue weighted by Crippen LogP contribution is 2.48. The van der Waals surface area contributed by atoms with Gasteiger partial charge in [0.1, 0.15) is 6.61 Å². The zero-order valence-electron chi connectivity index (χ0n) is 24.1. The van der Waals surface area contributed by atoms with Gasteiger partial charge >= 0.3 is 13.2 Å². The lowest BCUT2D eigenvalue weighted by Crippen LogP contribution is -2.41. The number of ether oxygens (including phenoxy) is 1. The van der Waals surface area contributed by atoms with Crippen molar-refractivity contribution in [2.75, 3.05) is 13.2 Å². The highest BCUT2D eigenvalue weighted by molar-refractivity contribution is 6.56. The number of amides is 1. The third-order valence-corrected chi connectivity index (χ3v) is 9.09. The van der Waals surface area contributed by atoms with Crippen LogP contribution in [0.1, 0.15) is 68.7 Å². The first-order chi connectivity index (χ1) is 19.6. The maximum absolute atomic E-state index is 13.0. The van der Waals surface area contributed by atoms with E-state index in [4.69, 9.17) is 14.0 Å². The molecule has 0 unspecified atom stereocenters. The Morgan fingerprint density at radius 2 is 1.59 bits per heavy atom. The minimum Gasteiger partial charge on any atom is -0.449 e. The van der Waals surface area contributed by atoms with Gasteiger partial charge in [0.15, 0.2) is 0 Å². The van der Waals surface area contributed by atoms with E-state index >= 15 is 0 Å². The summed E-state index contributed by atoms with van der Waals surface area (Å²) in [5.41, 5.74) is 6.01. The molecule has 0 aromatic heterocycles. The predicted octanol–water partition coefficient (Wildman–Crippen LogP) is 6.80. The molecule has 1 saturated carbocycles. The van der Waals surface area contributed by atoms with E-state index in [1.165, 1.54) is 22.3 Å². The van der Waals surface area contributed by atoms with Gasteiger partial charge in [-0.15, -0.1) is 0 Å². The zero-order valence-corrected chi connectivity index (χ0v) is 24.1. The standard InChI is InChI=1S/C34H35BN2O4/c1-32(2)33(3,4)41-35(40-32)25(19-23-10-9-11-24(18-23)34(22-36)16-17-34)20-37-31(38)39-21-30-28-14-7-5-12-26(28)27-13-6-8-15-29(27)30/h5-15,18-19,30H,16-17,20-21H2,1-4H3,(H,37,38). The van der Waals surface area contributed by atoms with Crippen LogP contribution < -0.4 is 5.32 Å². The molecule has 0 spiro atoms. The van der Waals surface area contributed by atoms with Crippen LogP contribution in [0.5, 0.6) is 0 Å². The Labute approximate surface area is 242 Å². The highest BCUT2D eigenvalue weighted by Gasteiger charge is 2.52. The minimum absolute atomic E-state index is 0.0103. The molecule has 1 aliphatic heterocycles. The molecule has 208 valence electrons. The van der Waals surface area contributed by atoms with Crippen LogP contribution in [0.3, 0.4) is 0 Å². The Morgan fingerprint density at radius 1 is 0.976 bits per heavy atom. The Bertz CT molecular complexity index is 1510. The van der Waals surface area contributed by atoms with E-state index in [1.54, 1.807) is 0 Å². The number of hydrogen-bond acceptors (Lipinski definition) is 5. The topological polar surface area (TPSA) is 80.6 Å². The van der Waals surface area contributed by atoms with Gasteiger partial charge in [-0.25, -0.2) is 4.79 Å². The van der Waals surface area contributed by atoms with E-state index in [2.05, 4.69) is 41.7 Å². The summed E-state index contributed by atoms with van der Waals surface area (Å²) in [5, 5.41) is 12.6. The third-order valence-electron chi connectivity index (χ3n) is 9.09. The zero-order chi connectivity index (χ0) is 28.8. The maximum Gasteiger partial charge on any atom is 0.492 e. The van der Waals surface area contributed by atoms with Crippen LogP contribution in [-0.2, 0) is 19.5 Å². The van der Waals surface area contributed by atoms with Crippen LogP contribution in [0.25, 0.3) is 17.2 Å². The monoisotopic (exact) mass is 546 g/mol. The normalized spacial score (nSPS) is 19.7. The van der Waals surface area contributed by atoms with Crippen LogP contribution in [0.15, 0.2) is 78.3 Å². The molecule has 0 radical (unpaired) electrons. The molecule has 3 aromatic carbocycles. The van der Waals surface area contributed by atoms with Gasteiger partial charge in [0.05, 0.1) is 22.7 Å². The largest absolute Gasteiger partial charge is 0.492 e. The number of benzene rings is 3. The summed E-state index contributed by atoms with van der Waals surface area (Å²) in [6.45, 7) is 8.47. The Morgan fingerprint density at radius 3 is 2.17 bits per heavy atom. The maximum atomic E-state index is 13.0. The average Bonchev–Trinajstić information content (AvgIpc) is 3.65. The fourth-order valence-electron chi connectivity index (χ4n) is 5.75. The second kappa shape index (κ2) is 10.2. The van der Waals surface area contributed by atoms with Gasteiger partial charge in [-0.2, -0.15) is 5.26 Å². The van der Waals surface area contributed by atoms with Crippen molar-refractivity contribution in [1.29, 1.82) is 5.26 Å². The Balaban J connectivity index is 1.19. The molecule has 6 nitrogen and oxygen atoms in total. The number of carbonyl (C=O) groups excluding carboxylic acids is 1. The smallest absolute Gasteiger partial charge is 0.449 e. The number of nitriles is 1. The van der Waals surface area contributed by atoms with Crippen LogP contribution >= 0.6 is 0 Å².